The van der Waals surface area contributed by atoms with Crippen LogP contribution < -0.4 is 5.32 Å². The number of carbonyl (C=O) groups excluding carboxylic acids is 2. The Hall–Kier alpha value is -2.38. The van der Waals surface area contributed by atoms with E-state index in [1.807, 2.05) is 0 Å². The number of nitrogens with one attached hydrogen (secondary N) is 1. The van der Waals surface area contributed by atoms with Gasteiger partial charge in [-0.15, -0.1) is 0 Å². The molecule has 0 saturated heterocycles. The van der Waals surface area contributed by atoms with Crippen molar-refractivity contribution in [1.82, 2.24) is 0 Å². The summed E-state index contributed by atoms with van der Waals surface area (Å²) < 4.78 is 36.3. The summed E-state index contributed by atoms with van der Waals surface area (Å²) in [6, 6.07) is 2.82. The van der Waals surface area contributed by atoms with Gasteiger partial charge in [0.25, 0.3) is 0 Å². The Labute approximate surface area is 105 Å². The van der Waals surface area contributed by atoms with E-state index < -0.39 is 23.8 Å². The molecule has 19 heavy (non-hydrogen) atoms. The number of benzene rings is 1. The van der Waals surface area contributed by atoms with Crippen molar-refractivity contribution in [3.63, 3.8) is 0 Å². The molecule has 0 unspecified atom stereocenters. The number of Topliss-reactive ketones (excluding diaryl/α,β-unsaturated/α-hetero) is 1. The summed E-state index contributed by atoms with van der Waals surface area (Å²) in [6.45, 7) is 1.05. The highest BCUT2D eigenvalue weighted by Crippen LogP contribution is 2.22. The van der Waals surface area contributed by atoms with Gasteiger partial charge in [-0.25, -0.2) is 4.79 Å². The summed E-state index contributed by atoms with van der Waals surface area (Å²) in [4.78, 5) is 32.7. The maximum Gasteiger partial charge on any atom is 0.471 e. The van der Waals surface area contributed by atoms with Crippen molar-refractivity contribution >= 4 is 23.3 Å². The van der Waals surface area contributed by atoms with Gasteiger partial charge < -0.3 is 10.4 Å². The molecule has 0 aromatic heterocycles. The predicted molar refractivity (Wildman–Crippen MR) is 58.1 cm³/mol. The molecule has 2 N–H and O–H groups in total. The number of halogens is 3. The fourth-order valence-corrected chi connectivity index (χ4v) is 1.27. The molecule has 8 heteroatoms. The molecule has 102 valence electrons. The van der Waals surface area contributed by atoms with Crippen LogP contribution in [0.2, 0.25) is 0 Å². The standard InChI is InChI=1S/C11H8F3NO4/c1-5(16)7-4-6(9(17)18)2-3-8(7)15-10(19)11(12,13)14/h2-4H,1H3,(H,15,19)(H,17,18). The third kappa shape index (κ3) is 3.54. The third-order valence-electron chi connectivity index (χ3n) is 2.15. The van der Waals surface area contributed by atoms with Gasteiger partial charge in [-0.1, -0.05) is 0 Å². The number of carboxylic acids is 1. The normalized spacial score (nSPS) is 10.9. The molecule has 0 aliphatic carbocycles. The number of carbonyl (C=O) groups is 3. The van der Waals surface area contributed by atoms with Crippen LogP contribution in [0.4, 0.5) is 18.9 Å². The number of anilines is 1. The number of aromatic carboxylic acids is 1. The van der Waals surface area contributed by atoms with Crippen molar-refractivity contribution in [1.29, 1.82) is 0 Å². The fraction of sp³-hybridized carbons (Fsp3) is 0.182. The van der Waals surface area contributed by atoms with E-state index in [0.29, 0.717) is 0 Å². The summed E-state index contributed by atoms with van der Waals surface area (Å²) >= 11 is 0. The van der Waals surface area contributed by atoms with E-state index in [9.17, 15) is 27.6 Å². The van der Waals surface area contributed by atoms with E-state index in [-0.39, 0.29) is 16.8 Å². The molecule has 5 nitrogen and oxygen atoms in total. The van der Waals surface area contributed by atoms with Crippen LogP contribution in [0, 0.1) is 0 Å². The number of hydrogen-bond acceptors (Lipinski definition) is 3. The first kappa shape index (κ1) is 14.7. The number of ketones is 1. The van der Waals surface area contributed by atoms with Crippen molar-refractivity contribution in [3.8, 4) is 0 Å². The largest absolute Gasteiger partial charge is 0.478 e. The van der Waals surface area contributed by atoms with Crippen LogP contribution >= 0.6 is 0 Å². The Morgan fingerprint density at radius 3 is 2.21 bits per heavy atom. The highest BCUT2D eigenvalue weighted by atomic mass is 19.4. The van der Waals surface area contributed by atoms with Crippen molar-refractivity contribution in [3.05, 3.63) is 29.3 Å². The number of carboxylic acid groups (broad SMARTS) is 1. The Balaban J connectivity index is 3.18. The average Bonchev–Trinajstić information content (AvgIpc) is 2.27. The average molecular weight is 275 g/mol. The first-order valence-corrected chi connectivity index (χ1v) is 4.89. The second kappa shape index (κ2) is 5.09. The zero-order chi connectivity index (χ0) is 14.8. The summed E-state index contributed by atoms with van der Waals surface area (Å²) in [5.41, 5.74) is -0.965. The second-order valence-corrected chi connectivity index (χ2v) is 3.57. The van der Waals surface area contributed by atoms with Gasteiger partial charge in [0.1, 0.15) is 0 Å². The lowest BCUT2D eigenvalue weighted by atomic mass is 10.1. The van der Waals surface area contributed by atoms with E-state index >= 15 is 0 Å². The van der Waals surface area contributed by atoms with Crippen LogP contribution in [0.3, 0.4) is 0 Å². The molecule has 0 aliphatic rings. The van der Waals surface area contributed by atoms with E-state index in [2.05, 4.69) is 0 Å². The monoisotopic (exact) mass is 275 g/mol. The summed E-state index contributed by atoms with van der Waals surface area (Å²) in [5.74, 6) is -4.24. The molecule has 0 radical (unpaired) electrons. The van der Waals surface area contributed by atoms with Crippen LogP contribution in [-0.4, -0.2) is 28.9 Å². The zero-order valence-electron chi connectivity index (χ0n) is 9.54. The van der Waals surface area contributed by atoms with Crippen molar-refractivity contribution in [2.75, 3.05) is 5.32 Å². The van der Waals surface area contributed by atoms with Gasteiger partial charge in [0.15, 0.2) is 5.78 Å². The zero-order valence-corrected chi connectivity index (χ0v) is 9.54. The maximum atomic E-state index is 12.1. The predicted octanol–water partition coefficient (Wildman–Crippen LogP) is 2.09. The molecule has 0 atom stereocenters. The Kier molecular flexibility index (Phi) is 3.93. The van der Waals surface area contributed by atoms with Crippen LogP contribution in [0.1, 0.15) is 27.6 Å². The summed E-state index contributed by atoms with van der Waals surface area (Å²) in [6.07, 6.45) is -5.10. The van der Waals surface area contributed by atoms with E-state index in [1.165, 1.54) is 5.32 Å². The first-order chi connectivity index (χ1) is 8.62. The molecular weight excluding hydrogens is 267 g/mol. The Morgan fingerprint density at radius 2 is 1.79 bits per heavy atom. The molecule has 0 fully saturated rings. The van der Waals surface area contributed by atoms with Crippen LogP contribution in [0.25, 0.3) is 0 Å². The van der Waals surface area contributed by atoms with Crippen molar-refractivity contribution in [2.45, 2.75) is 13.1 Å². The molecule has 0 saturated carbocycles. The van der Waals surface area contributed by atoms with Crippen molar-refractivity contribution in [2.24, 2.45) is 0 Å². The van der Waals surface area contributed by atoms with Gasteiger partial charge in [-0.3, -0.25) is 9.59 Å². The molecule has 1 amide bonds. The lowest BCUT2D eigenvalue weighted by Crippen LogP contribution is -2.30. The molecule has 0 aliphatic heterocycles. The van der Waals surface area contributed by atoms with Crippen LogP contribution in [0.5, 0.6) is 0 Å². The molecule has 0 spiro atoms. The minimum absolute atomic E-state index is 0.268. The van der Waals surface area contributed by atoms with Gasteiger partial charge in [-0.05, 0) is 25.1 Å². The summed E-state index contributed by atoms with van der Waals surface area (Å²) in [5, 5.41) is 10.2. The highest BCUT2D eigenvalue weighted by Gasteiger charge is 2.39. The number of amides is 1. The van der Waals surface area contributed by atoms with E-state index in [1.54, 1.807) is 0 Å². The lowest BCUT2D eigenvalue weighted by molar-refractivity contribution is -0.167. The number of hydrogen-bond donors (Lipinski definition) is 2. The molecule has 0 bridgehead atoms. The van der Waals surface area contributed by atoms with Gasteiger partial charge in [-0.2, -0.15) is 13.2 Å². The molecular formula is C11H8F3NO4. The molecule has 1 aromatic rings. The van der Waals surface area contributed by atoms with E-state index in [0.717, 1.165) is 25.1 Å². The summed E-state index contributed by atoms with van der Waals surface area (Å²) in [7, 11) is 0. The number of rotatable bonds is 3. The highest BCUT2D eigenvalue weighted by molar-refractivity contribution is 6.06. The molecule has 0 heterocycles. The molecule has 1 aromatic carbocycles. The van der Waals surface area contributed by atoms with Gasteiger partial charge in [0, 0.05) is 5.56 Å². The quantitative estimate of drug-likeness (QED) is 0.827. The van der Waals surface area contributed by atoms with E-state index in [4.69, 9.17) is 5.11 Å². The minimum Gasteiger partial charge on any atom is -0.478 e. The molecule has 1 rings (SSSR count). The second-order valence-electron chi connectivity index (χ2n) is 3.57. The van der Waals surface area contributed by atoms with Crippen molar-refractivity contribution < 1.29 is 32.7 Å². The minimum atomic E-state index is -5.10. The van der Waals surface area contributed by atoms with Crippen LogP contribution in [0.15, 0.2) is 18.2 Å². The topological polar surface area (TPSA) is 83.5 Å². The first-order valence-electron chi connectivity index (χ1n) is 4.89. The third-order valence-corrected chi connectivity index (χ3v) is 2.15. The van der Waals surface area contributed by atoms with Gasteiger partial charge in [0.05, 0.1) is 11.3 Å². The fourth-order valence-electron chi connectivity index (χ4n) is 1.27. The Morgan fingerprint density at radius 1 is 1.21 bits per heavy atom. The smallest absolute Gasteiger partial charge is 0.471 e. The number of alkyl halides is 3. The Bertz CT molecular complexity index is 551. The lowest BCUT2D eigenvalue weighted by Gasteiger charge is -2.11. The van der Waals surface area contributed by atoms with Gasteiger partial charge >= 0.3 is 18.1 Å². The maximum absolute atomic E-state index is 12.1. The van der Waals surface area contributed by atoms with Crippen LogP contribution in [-0.2, 0) is 4.79 Å². The SMILES string of the molecule is CC(=O)c1cc(C(=O)O)ccc1NC(=O)C(F)(F)F. The van der Waals surface area contributed by atoms with Gasteiger partial charge in [0.2, 0.25) is 0 Å².